The summed E-state index contributed by atoms with van der Waals surface area (Å²) in [5.74, 6) is 0.731. The fourth-order valence-corrected chi connectivity index (χ4v) is 8.05. The van der Waals surface area contributed by atoms with Crippen LogP contribution in [0.4, 0.5) is 0 Å². The van der Waals surface area contributed by atoms with Gasteiger partial charge in [-0.05, 0) is 64.9 Å². The Bertz CT molecular complexity index is 2900. The molecule has 3 aromatic heterocycles. The highest BCUT2D eigenvalue weighted by Gasteiger charge is 2.24. The first-order valence-electron chi connectivity index (χ1n) is 16.3. The molecule has 1 aliphatic carbocycles. The summed E-state index contributed by atoms with van der Waals surface area (Å²) < 4.78 is 4.76. The van der Waals surface area contributed by atoms with E-state index < -0.39 is 0 Å². The Balaban J connectivity index is 1.09. The van der Waals surface area contributed by atoms with Gasteiger partial charge in [-0.25, -0.2) is 9.97 Å². The molecule has 0 radical (unpaired) electrons. The Morgan fingerprint density at radius 2 is 1.00 bits per heavy atom. The average Bonchev–Trinajstić information content (AvgIpc) is 3.78. The van der Waals surface area contributed by atoms with E-state index in [1.807, 2.05) is 6.20 Å². The fourth-order valence-electron chi connectivity index (χ4n) is 8.05. The second-order valence-corrected chi connectivity index (χ2v) is 12.6. The monoisotopic (exact) mass is 610 g/mol. The molecule has 10 aromatic rings. The topological polar surface area (TPSA) is 35.6 Å². The standard InChI is InChI=1S/C44H26N4/c1-4-19-38-31(14-1)32-15-2-5-20-39(32)48(38)30-22-23-41-36(25-30)33-16-3-6-21-40(33)47(41)29-13-7-12-28(24-29)44-45-26-37-34-17-8-10-27-11-9-18-35(42(27)34)43(37)46-44/h1-26H. The Morgan fingerprint density at radius 1 is 0.417 bits per heavy atom. The van der Waals surface area contributed by atoms with Crippen LogP contribution < -0.4 is 0 Å². The second kappa shape index (κ2) is 9.50. The van der Waals surface area contributed by atoms with Crippen LogP contribution in [0.1, 0.15) is 0 Å². The minimum atomic E-state index is 0.731. The van der Waals surface area contributed by atoms with E-state index in [9.17, 15) is 0 Å². The van der Waals surface area contributed by atoms with E-state index in [1.54, 1.807) is 0 Å². The van der Waals surface area contributed by atoms with Crippen molar-refractivity contribution >= 4 is 54.4 Å². The van der Waals surface area contributed by atoms with E-state index in [4.69, 9.17) is 9.97 Å². The molecule has 7 aromatic carbocycles. The van der Waals surface area contributed by atoms with Crippen LogP contribution >= 0.6 is 0 Å². The van der Waals surface area contributed by atoms with E-state index in [0.717, 1.165) is 39.5 Å². The maximum Gasteiger partial charge on any atom is 0.159 e. The van der Waals surface area contributed by atoms with Crippen LogP contribution in [0, 0.1) is 0 Å². The lowest BCUT2D eigenvalue weighted by atomic mass is 10.0. The van der Waals surface area contributed by atoms with Crippen LogP contribution in [0.3, 0.4) is 0 Å². The quantitative estimate of drug-likeness (QED) is 0.199. The smallest absolute Gasteiger partial charge is 0.159 e. The number of hydrogen-bond acceptors (Lipinski definition) is 2. The van der Waals surface area contributed by atoms with Gasteiger partial charge in [-0.1, -0.05) is 103 Å². The molecule has 0 fully saturated rings. The van der Waals surface area contributed by atoms with Gasteiger partial charge in [-0.2, -0.15) is 0 Å². The van der Waals surface area contributed by atoms with Crippen LogP contribution in [0.15, 0.2) is 158 Å². The molecule has 0 atom stereocenters. The first-order chi connectivity index (χ1) is 23.8. The maximum atomic E-state index is 5.18. The highest BCUT2D eigenvalue weighted by atomic mass is 15.0. The first-order valence-corrected chi connectivity index (χ1v) is 16.3. The second-order valence-electron chi connectivity index (χ2n) is 12.6. The summed E-state index contributed by atoms with van der Waals surface area (Å²) in [5, 5.41) is 7.47. The maximum absolute atomic E-state index is 5.18. The fraction of sp³-hybridized carbons (Fsp3) is 0. The molecule has 0 bridgehead atoms. The molecular formula is C44H26N4. The summed E-state index contributed by atoms with van der Waals surface area (Å²) in [6, 6.07) is 54.5. The zero-order chi connectivity index (χ0) is 31.3. The third-order valence-corrected chi connectivity index (χ3v) is 10.1. The van der Waals surface area contributed by atoms with Crippen molar-refractivity contribution in [3.63, 3.8) is 0 Å². The molecule has 0 spiro atoms. The van der Waals surface area contributed by atoms with Crippen LogP contribution in [0.2, 0.25) is 0 Å². The number of aromatic nitrogens is 4. The van der Waals surface area contributed by atoms with Crippen molar-refractivity contribution in [2.45, 2.75) is 0 Å². The van der Waals surface area contributed by atoms with Gasteiger partial charge in [-0.15, -0.1) is 0 Å². The lowest BCUT2D eigenvalue weighted by molar-refractivity contribution is 1.15. The number of hydrogen-bond donors (Lipinski definition) is 0. The van der Waals surface area contributed by atoms with Crippen molar-refractivity contribution in [3.8, 4) is 45.1 Å². The lowest BCUT2D eigenvalue weighted by Gasteiger charge is -2.11. The molecule has 4 heteroatoms. The third-order valence-electron chi connectivity index (χ3n) is 10.1. The van der Waals surface area contributed by atoms with Crippen LogP contribution in [-0.4, -0.2) is 19.1 Å². The lowest BCUT2D eigenvalue weighted by Crippen LogP contribution is -1.97. The number of benzene rings is 7. The molecule has 0 aliphatic heterocycles. The predicted octanol–water partition coefficient (Wildman–Crippen LogP) is 11.1. The van der Waals surface area contributed by atoms with Crippen molar-refractivity contribution in [1.82, 2.24) is 19.1 Å². The van der Waals surface area contributed by atoms with Gasteiger partial charge in [0.1, 0.15) is 0 Å². The van der Waals surface area contributed by atoms with E-state index in [2.05, 4.69) is 161 Å². The molecule has 11 rings (SSSR count). The van der Waals surface area contributed by atoms with Crippen molar-refractivity contribution in [2.24, 2.45) is 0 Å². The van der Waals surface area contributed by atoms with Crippen LogP contribution in [0.25, 0.3) is 99.5 Å². The van der Waals surface area contributed by atoms with E-state index in [1.165, 1.54) is 60.0 Å². The van der Waals surface area contributed by atoms with Crippen molar-refractivity contribution in [1.29, 1.82) is 0 Å². The number of fused-ring (bicyclic) bond motifs is 9. The van der Waals surface area contributed by atoms with Gasteiger partial charge in [0.25, 0.3) is 0 Å². The Kier molecular flexibility index (Phi) is 5.08. The van der Waals surface area contributed by atoms with Crippen LogP contribution in [-0.2, 0) is 0 Å². The van der Waals surface area contributed by atoms with Crippen LogP contribution in [0.5, 0.6) is 0 Å². The van der Waals surface area contributed by atoms with Gasteiger partial charge >= 0.3 is 0 Å². The van der Waals surface area contributed by atoms with Gasteiger partial charge < -0.3 is 9.13 Å². The van der Waals surface area contributed by atoms with Gasteiger partial charge in [0.05, 0.1) is 27.8 Å². The van der Waals surface area contributed by atoms with Gasteiger partial charge in [-0.3, -0.25) is 0 Å². The summed E-state index contributed by atoms with van der Waals surface area (Å²) in [4.78, 5) is 10.1. The number of para-hydroxylation sites is 3. The summed E-state index contributed by atoms with van der Waals surface area (Å²) in [6.07, 6.45) is 2.00. The molecule has 0 saturated heterocycles. The molecule has 3 heterocycles. The van der Waals surface area contributed by atoms with Crippen molar-refractivity contribution in [3.05, 3.63) is 158 Å². The van der Waals surface area contributed by atoms with E-state index in [-0.39, 0.29) is 0 Å². The molecule has 0 amide bonds. The zero-order valence-electron chi connectivity index (χ0n) is 25.8. The summed E-state index contributed by atoms with van der Waals surface area (Å²) in [6.45, 7) is 0. The minimum absolute atomic E-state index is 0.731. The van der Waals surface area contributed by atoms with E-state index >= 15 is 0 Å². The molecule has 0 N–H and O–H groups in total. The number of rotatable bonds is 3. The normalized spacial score (nSPS) is 12.2. The molecule has 222 valence electrons. The van der Waals surface area contributed by atoms with Gasteiger partial charge in [0.15, 0.2) is 5.82 Å². The van der Waals surface area contributed by atoms with Crippen molar-refractivity contribution in [2.75, 3.05) is 0 Å². The zero-order valence-corrected chi connectivity index (χ0v) is 25.8. The van der Waals surface area contributed by atoms with Gasteiger partial charge in [0, 0.05) is 55.8 Å². The molecular weight excluding hydrogens is 585 g/mol. The highest BCUT2D eigenvalue weighted by molar-refractivity contribution is 6.15. The molecule has 0 saturated carbocycles. The molecule has 4 nitrogen and oxygen atoms in total. The number of nitrogens with zero attached hydrogens (tertiary/aromatic N) is 4. The Labute approximate surface area is 275 Å². The summed E-state index contributed by atoms with van der Waals surface area (Å²) in [7, 11) is 0. The molecule has 0 unspecified atom stereocenters. The highest BCUT2D eigenvalue weighted by Crippen LogP contribution is 2.46. The average molecular weight is 611 g/mol. The predicted molar refractivity (Wildman–Crippen MR) is 198 cm³/mol. The van der Waals surface area contributed by atoms with E-state index in [0.29, 0.717) is 0 Å². The Hall–Kier alpha value is -6.52. The SMILES string of the molecule is c1cc(-c2ncc3c(n2)-c2cccc4cccc-3c24)cc(-n2c3ccccc3c3cc(-n4c5ccccc5c5ccccc54)ccc32)c1. The first kappa shape index (κ1) is 25.6. The summed E-state index contributed by atoms with van der Waals surface area (Å²) >= 11 is 0. The van der Waals surface area contributed by atoms with Gasteiger partial charge in [0.2, 0.25) is 0 Å². The molecule has 1 aliphatic rings. The molecule has 48 heavy (non-hydrogen) atoms. The largest absolute Gasteiger partial charge is 0.309 e. The Morgan fingerprint density at radius 3 is 1.71 bits per heavy atom. The third kappa shape index (κ3) is 3.43. The minimum Gasteiger partial charge on any atom is -0.309 e. The van der Waals surface area contributed by atoms with Crippen molar-refractivity contribution < 1.29 is 0 Å². The summed E-state index contributed by atoms with van der Waals surface area (Å²) in [5.41, 5.74) is 12.5.